The van der Waals surface area contributed by atoms with Crippen LogP contribution in [0.3, 0.4) is 0 Å². The summed E-state index contributed by atoms with van der Waals surface area (Å²) < 4.78 is 5.62. The van der Waals surface area contributed by atoms with Gasteiger partial charge in [-0.15, -0.1) is 0 Å². The van der Waals surface area contributed by atoms with Gasteiger partial charge in [0.05, 0.1) is 17.9 Å². The Hall–Kier alpha value is -1.92. The number of hydrogen-bond acceptors (Lipinski definition) is 5. The second kappa shape index (κ2) is 10.6. The van der Waals surface area contributed by atoms with E-state index in [9.17, 15) is 4.79 Å². The van der Waals surface area contributed by atoms with E-state index in [2.05, 4.69) is 10.3 Å². The number of aliphatic hydroxyl groups excluding tert-OH is 1. The van der Waals surface area contributed by atoms with Gasteiger partial charge in [0.15, 0.2) is 5.78 Å². The predicted octanol–water partition coefficient (Wildman–Crippen LogP) is 1.76. The van der Waals surface area contributed by atoms with E-state index in [1.54, 1.807) is 6.20 Å². The largest absolute Gasteiger partial charge is 1.00 e. The summed E-state index contributed by atoms with van der Waals surface area (Å²) in [5.41, 5.74) is 4.01. The number of aromatic nitrogens is 1. The standard InChI is InChI=1S/C22H24N2O3.Na.H/c1-3-7-19(26)17-14-23-22-16(9-6-11-20(22)27-13-12-25)21(17)24-18-10-5-4-8-15(18)2;;/h4-6,8-11,14,25H,3,7,12-13H2,1-2H3,(H,23,24);;/q;+1;-1. The molecule has 0 amide bonds. The number of Topliss-reactive ketones (excluding diaryl/α,β-unsaturated/α-hetero) is 1. The molecule has 2 N–H and O–H groups in total. The Bertz CT molecular complexity index is 966. The van der Waals surface area contributed by atoms with E-state index in [-0.39, 0.29) is 50.0 Å². The van der Waals surface area contributed by atoms with Crippen molar-refractivity contribution in [3.05, 3.63) is 59.8 Å². The zero-order chi connectivity index (χ0) is 19.2. The minimum atomic E-state index is -0.0717. The summed E-state index contributed by atoms with van der Waals surface area (Å²) in [7, 11) is 0. The molecule has 0 saturated heterocycles. The fourth-order valence-corrected chi connectivity index (χ4v) is 3.02. The molecule has 142 valence electrons. The number of carbonyl (C=O) groups is 1. The predicted molar refractivity (Wildman–Crippen MR) is 109 cm³/mol. The van der Waals surface area contributed by atoms with Gasteiger partial charge in [-0.05, 0) is 31.0 Å². The molecule has 1 aromatic heterocycles. The molecule has 3 aromatic rings. The Kier molecular flexibility index (Phi) is 8.45. The van der Waals surface area contributed by atoms with Gasteiger partial charge >= 0.3 is 29.6 Å². The molecule has 1 heterocycles. The van der Waals surface area contributed by atoms with E-state index in [0.717, 1.165) is 28.7 Å². The van der Waals surface area contributed by atoms with Gasteiger partial charge in [0.2, 0.25) is 0 Å². The molecule has 0 saturated carbocycles. The van der Waals surface area contributed by atoms with Crippen LogP contribution in [0.2, 0.25) is 0 Å². The van der Waals surface area contributed by atoms with Gasteiger partial charge in [0.25, 0.3) is 0 Å². The number of fused-ring (bicyclic) bond motifs is 1. The number of aliphatic hydroxyl groups is 1. The molecule has 6 heteroatoms. The normalized spacial score (nSPS) is 10.4. The third kappa shape index (κ3) is 4.92. The number of carbonyl (C=O) groups excluding carboxylic acids is 1. The van der Waals surface area contributed by atoms with Crippen LogP contribution in [0.1, 0.15) is 37.1 Å². The van der Waals surface area contributed by atoms with Crippen LogP contribution in [0, 0.1) is 6.92 Å². The molecule has 0 fully saturated rings. The summed E-state index contributed by atoms with van der Waals surface area (Å²) in [6.07, 6.45) is 2.86. The number of ketones is 1. The number of benzene rings is 2. The van der Waals surface area contributed by atoms with E-state index in [0.29, 0.717) is 23.3 Å². The maximum Gasteiger partial charge on any atom is 1.00 e. The fraction of sp³-hybridized carbons (Fsp3) is 0.273. The van der Waals surface area contributed by atoms with Crippen molar-refractivity contribution in [3.8, 4) is 5.75 Å². The first-order valence-corrected chi connectivity index (χ1v) is 9.17. The van der Waals surface area contributed by atoms with Gasteiger partial charge in [-0.3, -0.25) is 9.78 Å². The van der Waals surface area contributed by atoms with Crippen LogP contribution in [0.5, 0.6) is 5.75 Å². The average molecular weight is 388 g/mol. The van der Waals surface area contributed by atoms with Crippen LogP contribution < -0.4 is 39.6 Å². The average Bonchev–Trinajstić information content (AvgIpc) is 2.68. The molecule has 5 nitrogen and oxygen atoms in total. The molecule has 0 aliphatic carbocycles. The fourth-order valence-electron chi connectivity index (χ4n) is 3.02. The summed E-state index contributed by atoms with van der Waals surface area (Å²) in [6, 6.07) is 13.6. The summed E-state index contributed by atoms with van der Waals surface area (Å²) in [5.74, 6) is 0.647. The first kappa shape index (κ1) is 22.4. The van der Waals surface area contributed by atoms with Gasteiger partial charge in [0, 0.05) is 23.7 Å². The van der Waals surface area contributed by atoms with Crippen molar-refractivity contribution in [2.24, 2.45) is 0 Å². The van der Waals surface area contributed by atoms with E-state index in [4.69, 9.17) is 9.84 Å². The Morgan fingerprint density at radius 3 is 2.71 bits per heavy atom. The molecular formula is C22H25N2NaO3. The van der Waals surface area contributed by atoms with Crippen molar-refractivity contribution in [2.45, 2.75) is 26.7 Å². The van der Waals surface area contributed by atoms with Crippen molar-refractivity contribution in [1.29, 1.82) is 0 Å². The molecule has 0 unspecified atom stereocenters. The Balaban J connectivity index is 0.00000210. The van der Waals surface area contributed by atoms with Gasteiger partial charge in [-0.1, -0.05) is 37.3 Å². The topological polar surface area (TPSA) is 71.5 Å². The third-order valence-corrected chi connectivity index (χ3v) is 4.39. The third-order valence-electron chi connectivity index (χ3n) is 4.39. The number of aryl methyl sites for hydroxylation is 1. The molecule has 0 aliphatic heterocycles. The van der Waals surface area contributed by atoms with Crippen LogP contribution in [-0.4, -0.2) is 29.1 Å². The first-order valence-electron chi connectivity index (χ1n) is 9.17. The number of anilines is 2. The molecule has 28 heavy (non-hydrogen) atoms. The quantitative estimate of drug-likeness (QED) is 0.455. The van der Waals surface area contributed by atoms with Crippen LogP contribution >= 0.6 is 0 Å². The molecule has 0 bridgehead atoms. The smallest absolute Gasteiger partial charge is 1.00 e. The molecule has 0 atom stereocenters. The number of pyridine rings is 1. The van der Waals surface area contributed by atoms with E-state index in [1.807, 2.05) is 56.3 Å². The van der Waals surface area contributed by atoms with Gasteiger partial charge in [-0.25, -0.2) is 0 Å². The first-order chi connectivity index (χ1) is 13.2. The number of hydrogen-bond donors (Lipinski definition) is 2. The number of nitrogens with zero attached hydrogens (tertiary/aromatic N) is 1. The van der Waals surface area contributed by atoms with Crippen LogP contribution in [0.15, 0.2) is 48.7 Å². The number of nitrogens with one attached hydrogen (secondary N) is 1. The molecule has 0 spiro atoms. The van der Waals surface area contributed by atoms with Crippen molar-refractivity contribution in [2.75, 3.05) is 18.5 Å². The van der Waals surface area contributed by atoms with E-state index >= 15 is 0 Å². The van der Waals surface area contributed by atoms with E-state index < -0.39 is 0 Å². The van der Waals surface area contributed by atoms with Crippen molar-refractivity contribution in [3.63, 3.8) is 0 Å². The van der Waals surface area contributed by atoms with Gasteiger partial charge in [0.1, 0.15) is 17.9 Å². The second-order valence-electron chi connectivity index (χ2n) is 6.38. The Morgan fingerprint density at radius 2 is 2.00 bits per heavy atom. The molecule has 0 aliphatic rings. The number of rotatable bonds is 8. The summed E-state index contributed by atoms with van der Waals surface area (Å²) in [6.45, 7) is 4.13. The van der Waals surface area contributed by atoms with Gasteiger partial charge < -0.3 is 16.6 Å². The van der Waals surface area contributed by atoms with Crippen molar-refractivity contribution < 1.29 is 45.6 Å². The van der Waals surface area contributed by atoms with Crippen molar-refractivity contribution in [1.82, 2.24) is 4.98 Å². The molecule has 3 rings (SSSR count). The number of para-hydroxylation sites is 2. The maximum atomic E-state index is 12.7. The zero-order valence-corrected chi connectivity index (χ0v) is 18.7. The Morgan fingerprint density at radius 1 is 1.21 bits per heavy atom. The molecular weight excluding hydrogens is 363 g/mol. The monoisotopic (exact) mass is 388 g/mol. The minimum Gasteiger partial charge on any atom is -1.00 e. The molecule has 2 aromatic carbocycles. The van der Waals surface area contributed by atoms with Crippen LogP contribution in [0.4, 0.5) is 11.4 Å². The summed E-state index contributed by atoms with van der Waals surface area (Å²) >= 11 is 0. The SMILES string of the molecule is CCCC(=O)c1cnc2c(OCCO)cccc2c1Nc1ccccc1C.[H-].[Na+]. The van der Waals surface area contributed by atoms with Crippen LogP contribution in [-0.2, 0) is 0 Å². The maximum absolute atomic E-state index is 12.7. The summed E-state index contributed by atoms with van der Waals surface area (Å²) in [5, 5.41) is 13.3. The second-order valence-corrected chi connectivity index (χ2v) is 6.38. The minimum absolute atomic E-state index is 0. The zero-order valence-electron chi connectivity index (χ0n) is 17.7. The van der Waals surface area contributed by atoms with E-state index in [1.165, 1.54) is 0 Å². The summed E-state index contributed by atoms with van der Waals surface area (Å²) in [4.78, 5) is 17.2. The number of ether oxygens (including phenoxy) is 1. The van der Waals surface area contributed by atoms with Crippen LogP contribution in [0.25, 0.3) is 10.9 Å². The van der Waals surface area contributed by atoms with Gasteiger partial charge in [-0.2, -0.15) is 0 Å². The Labute approximate surface area is 188 Å². The molecule has 0 radical (unpaired) electrons. The van der Waals surface area contributed by atoms with Crippen molar-refractivity contribution >= 4 is 28.1 Å².